The molecule has 0 aliphatic carbocycles. The Labute approximate surface area is 291 Å². The SMILES string of the molecule is Cc1cc(OCCCc2c(C(=O)CS(=O)(=O)CCCCC(=O)CCc3cc(-c4ccccc4)n[nH]3)[nH]c3cc(Cl)ccc23)cc(C)c1Cl. The molecule has 2 aromatic heterocycles. The van der Waals surface area contributed by atoms with Gasteiger partial charge in [0.1, 0.15) is 17.3 Å². The smallest absolute Gasteiger partial charge is 0.194 e. The van der Waals surface area contributed by atoms with E-state index in [-0.39, 0.29) is 23.7 Å². The minimum atomic E-state index is -3.70. The Morgan fingerprint density at radius 2 is 1.62 bits per heavy atom. The summed E-state index contributed by atoms with van der Waals surface area (Å²) in [5.41, 5.74) is 6.27. The fourth-order valence-electron chi connectivity index (χ4n) is 5.79. The van der Waals surface area contributed by atoms with E-state index in [9.17, 15) is 18.0 Å². The van der Waals surface area contributed by atoms with Crippen LogP contribution in [-0.2, 0) is 27.5 Å². The first-order chi connectivity index (χ1) is 23.0. The van der Waals surface area contributed by atoms with Crippen LogP contribution in [0.25, 0.3) is 22.2 Å². The highest BCUT2D eigenvalue weighted by molar-refractivity contribution is 7.92. The highest BCUT2D eigenvalue weighted by Gasteiger charge is 2.23. The number of unbranched alkanes of at least 4 members (excludes halogenated alkanes) is 1. The summed E-state index contributed by atoms with van der Waals surface area (Å²) in [5.74, 6) is -0.488. The summed E-state index contributed by atoms with van der Waals surface area (Å²) in [5, 5.41) is 9.36. The van der Waals surface area contributed by atoms with Crippen LogP contribution < -0.4 is 4.74 Å². The van der Waals surface area contributed by atoms with Crippen molar-refractivity contribution in [2.45, 2.75) is 58.8 Å². The molecule has 0 amide bonds. The maximum atomic E-state index is 13.4. The fourth-order valence-corrected chi connectivity index (χ4v) is 7.40. The Kier molecular flexibility index (Phi) is 11.8. The summed E-state index contributed by atoms with van der Waals surface area (Å²) in [6.45, 7) is 4.26. The first-order valence-corrected chi connectivity index (χ1v) is 18.6. The molecular weight excluding hydrogens is 669 g/mol. The van der Waals surface area contributed by atoms with Gasteiger partial charge in [0, 0.05) is 45.0 Å². The fraction of sp³-hybridized carbons (Fsp3) is 0.324. The molecule has 8 nitrogen and oxygen atoms in total. The molecule has 0 unspecified atom stereocenters. The number of rotatable bonds is 17. The first kappa shape index (κ1) is 35.4. The number of hydrogen-bond donors (Lipinski definition) is 2. The number of nitrogens with one attached hydrogen (secondary N) is 2. The molecule has 0 saturated heterocycles. The van der Waals surface area contributed by atoms with Crippen LogP contribution in [0.5, 0.6) is 5.75 Å². The number of halogens is 2. The highest BCUT2D eigenvalue weighted by Crippen LogP contribution is 2.29. The maximum absolute atomic E-state index is 13.4. The van der Waals surface area contributed by atoms with Crippen LogP contribution in [0.15, 0.2) is 66.7 Å². The number of benzene rings is 3. The van der Waals surface area contributed by atoms with E-state index in [1.807, 2.05) is 68.4 Å². The summed E-state index contributed by atoms with van der Waals surface area (Å²) in [6, 6.07) is 20.8. The van der Waals surface area contributed by atoms with Crippen molar-refractivity contribution in [1.29, 1.82) is 0 Å². The molecule has 0 radical (unpaired) electrons. The van der Waals surface area contributed by atoms with E-state index >= 15 is 0 Å². The third-order valence-electron chi connectivity index (χ3n) is 8.28. The van der Waals surface area contributed by atoms with Gasteiger partial charge in [-0.15, -0.1) is 0 Å². The zero-order valence-electron chi connectivity index (χ0n) is 27.1. The number of Topliss-reactive ketones (excluding diaryl/α,β-unsaturated/α-hetero) is 2. The molecule has 0 atom stereocenters. The number of H-pyrrole nitrogens is 2. The molecule has 2 heterocycles. The molecule has 0 spiro atoms. The van der Waals surface area contributed by atoms with Crippen LogP contribution in [0.3, 0.4) is 0 Å². The minimum absolute atomic E-state index is 0.0611. The van der Waals surface area contributed by atoms with Crippen molar-refractivity contribution in [3.05, 3.63) is 105 Å². The number of carbonyl (C=O) groups excluding carboxylic acids is 2. The first-order valence-electron chi connectivity index (χ1n) is 16.0. The molecule has 252 valence electrons. The number of ketones is 2. The summed E-state index contributed by atoms with van der Waals surface area (Å²) in [7, 11) is -3.70. The lowest BCUT2D eigenvalue weighted by molar-refractivity contribution is -0.119. The van der Waals surface area contributed by atoms with Crippen LogP contribution in [-0.4, -0.2) is 53.3 Å². The molecule has 0 saturated carbocycles. The second-order valence-corrected chi connectivity index (χ2v) is 15.1. The normalized spacial score (nSPS) is 11.7. The van der Waals surface area contributed by atoms with Crippen LogP contribution in [0.4, 0.5) is 0 Å². The Morgan fingerprint density at radius 1 is 0.875 bits per heavy atom. The van der Waals surface area contributed by atoms with Gasteiger partial charge in [0.05, 0.1) is 23.7 Å². The predicted octanol–water partition coefficient (Wildman–Crippen LogP) is 8.46. The van der Waals surface area contributed by atoms with E-state index in [4.69, 9.17) is 27.9 Å². The van der Waals surface area contributed by atoms with Gasteiger partial charge < -0.3 is 9.72 Å². The Morgan fingerprint density at radius 3 is 2.38 bits per heavy atom. The Hall–Kier alpha value is -3.92. The molecular formula is C37H39Cl2N3O5S. The van der Waals surface area contributed by atoms with Crippen molar-refractivity contribution in [1.82, 2.24) is 15.2 Å². The van der Waals surface area contributed by atoms with E-state index in [0.29, 0.717) is 60.7 Å². The number of aryl methyl sites for hydroxylation is 4. The van der Waals surface area contributed by atoms with Crippen molar-refractivity contribution in [2.75, 3.05) is 18.1 Å². The lowest BCUT2D eigenvalue weighted by Crippen LogP contribution is -2.20. The topological polar surface area (TPSA) is 122 Å². The molecule has 0 bridgehead atoms. The number of hydrogen-bond acceptors (Lipinski definition) is 6. The average molecular weight is 709 g/mol. The van der Waals surface area contributed by atoms with Gasteiger partial charge in [0.25, 0.3) is 0 Å². The van der Waals surface area contributed by atoms with E-state index in [1.165, 1.54) is 0 Å². The second-order valence-electron chi connectivity index (χ2n) is 12.1. The minimum Gasteiger partial charge on any atom is -0.494 e. The second kappa shape index (κ2) is 16.0. The molecule has 2 N–H and O–H groups in total. The summed E-state index contributed by atoms with van der Waals surface area (Å²) in [6.07, 6.45) is 3.02. The molecule has 0 fully saturated rings. The average Bonchev–Trinajstić information content (AvgIpc) is 3.68. The molecule has 5 aromatic rings. The van der Waals surface area contributed by atoms with Crippen molar-refractivity contribution in [3.8, 4) is 17.0 Å². The van der Waals surface area contributed by atoms with Gasteiger partial charge >= 0.3 is 0 Å². The van der Waals surface area contributed by atoms with Crippen molar-refractivity contribution in [3.63, 3.8) is 0 Å². The highest BCUT2D eigenvalue weighted by atomic mass is 35.5. The third kappa shape index (κ3) is 9.36. The number of aromatic amines is 2. The van der Waals surface area contributed by atoms with Gasteiger partial charge in [0.15, 0.2) is 15.6 Å². The zero-order valence-corrected chi connectivity index (χ0v) is 29.4. The molecule has 5 rings (SSSR count). The molecule has 0 aliphatic heterocycles. The van der Waals surface area contributed by atoms with Crippen LogP contribution in [0.1, 0.15) is 65.0 Å². The van der Waals surface area contributed by atoms with Crippen molar-refractivity contribution in [2.24, 2.45) is 0 Å². The van der Waals surface area contributed by atoms with Gasteiger partial charge in [-0.1, -0.05) is 59.6 Å². The third-order valence-corrected chi connectivity index (χ3v) is 10.7. The number of fused-ring (bicyclic) bond motifs is 1. The molecule has 48 heavy (non-hydrogen) atoms. The Balaban J connectivity index is 1.11. The van der Waals surface area contributed by atoms with E-state index < -0.39 is 21.4 Å². The summed E-state index contributed by atoms with van der Waals surface area (Å²) in [4.78, 5) is 29.0. The van der Waals surface area contributed by atoms with Crippen LogP contribution in [0, 0.1) is 13.8 Å². The van der Waals surface area contributed by atoms with Gasteiger partial charge in [-0.3, -0.25) is 14.7 Å². The van der Waals surface area contributed by atoms with Crippen molar-refractivity contribution >= 4 is 55.5 Å². The monoisotopic (exact) mass is 707 g/mol. The standard InChI is InChI=1S/C37H39Cl2N3O5S/c1-24-19-30(20-25(2)36(24)39)47-17-8-12-32-31-16-13-27(38)21-34(31)40-37(32)35(44)23-48(45,46)18-7-6-11-29(43)15-14-28-22-33(42-41-28)26-9-4-3-5-10-26/h3-5,9-10,13,16,19-22,40H,6-8,11-12,14-15,17-18,23H2,1-2H3,(H,41,42). The van der Waals surface area contributed by atoms with Gasteiger partial charge in [0.2, 0.25) is 0 Å². The number of carbonyl (C=O) groups is 2. The number of nitrogens with zero attached hydrogens (tertiary/aromatic N) is 1. The van der Waals surface area contributed by atoms with Crippen molar-refractivity contribution < 1.29 is 22.7 Å². The quantitative estimate of drug-likeness (QED) is 0.0739. The number of sulfone groups is 1. The van der Waals surface area contributed by atoms with E-state index in [0.717, 1.165) is 44.8 Å². The van der Waals surface area contributed by atoms with Crippen LogP contribution >= 0.6 is 23.2 Å². The molecule has 0 aliphatic rings. The lowest BCUT2D eigenvalue weighted by Gasteiger charge is -2.10. The lowest BCUT2D eigenvalue weighted by atomic mass is 10.0. The molecule has 11 heteroatoms. The predicted molar refractivity (Wildman–Crippen MR) is 192 cm³/mol. The number of ether oxygens (including phenoxy) is 1. The van der Waals surface area contributed by atoms with E-state index in [1.54, 1.807) is 12.1 Å². The summed E-state index contributed by atoms with van der Waals surface area (Å²) >= 11 is 12.5. The van der Waals surface area contributed by atoms with Gasteiger partial charge in [-0.2, -0.15) is 5.10 Å². The molecule has 3 aromatic carbocycles. The maximum Gasteiger partial charge on any atom is 0.194 e. The summed E-state index contributed by atoms with van der Waals surface area (Å²) < 4.78 is 31.9. The number of aromatic nitrogens is 3. The Bertz CT molecular complexity index is 2000. The van der Waals surface area contributed by atoms with E-state index in [2.05, 4.69) is 15.2 Å². The zero-order chi connectivity index (χ0) is 34.3. The van der Waals surface area contributed by atoms with Gasteiger partial charge in [-0.25, -0.2) is 8.42 Å². The largest absolute Gasteiger partial charge is 0.494 e. The van der Waals surface area contributed by atoms with Crippen LogP contribution in [0.2, 0.25) is 10.0 Å². The van der Waals surface area contributed by atoms with Gasteiger partial charge in [-0.05, 0) is 93.0 Å².